The maximum atomic E-state index is 13.0. The molecule has 116 valence electrons. The summed E-state index contributed by atoms with van der Waals surface area (Å²) in [6, 6.07) is 14.6. The van der Waals surface area contributed by atoms with Crippen LogP contribution in [0.2, 0.25) is 0 Å². The average Bonchev–Trinajstić information content (AvgIpc) is 2.85. The molecule has 0 aliphatic carbocycles. The fourth-order valence-electron chi connectivity index (χ4n) is 2.74. The maximum Gasteiger partial charge on any atom is 0.267 e. The molecule has 6 heteroatoms. The molecule has 0 radical (unpaired) electrons. The normalized spacial score (nSPS) is 10.7. The molecular formula is C17H14IN3O2. The third-order valence-electron chi connectivity index (χ3n) is 3.74. The minimum atomic E-state index is -0.409. The van der Waals surface area contributed by atoms with Crippen molar-refractivity contribution in [1.29, 1.82) is 0 Å². The molecule has 1 aromatic heterocycles. The number of hydrogen-bond acceptors (Lipinski definition) is 3. The molecule has 0 bridgehead atoms. The second-order valence-electron chi connectivity index (χ2n) is 5.10. The summed E-state index contributed by atoms with van der Waals surface area (Å²) in [4.78, 5) is 25.1. The molecule has 3 rings (SSSR count). The van der Waals surface area contributed by atoms with Gasteiger partial charge in [-0.3, -0.25) is 19.6 Å². The number of carbonyl (C=O) groups excluding carboxylic acids is 2. The Balaban J connectivity index is 2.28. The minimum Gasteiger partial charge on any atom is -0.290 e. The molecule has 0 fully saturated rings. The van der Waals surface area contributed by atoms with Crippen LogP contribution in [-0.4, -0.2) is 16.4 Å². The van der Waals surface area contributed by atoms with Gasteiger partial charge in [-0.2, -0.15) is 0 Å². The topological polar surface area (TPSA) is 77.1 Å². The summed E-state index contributed by atoms with van der Waals surface area (Å²) in [6.07, 6.45) is 0. The number of fused-ring (bicyclic) bond motifs is 1. The van der Waals surface area contributed by atoms with Crippen molar-refractivity contribution in [1.82, 2.24) is 9.99 Å². The zero-order valence-electron chi connectivity index (χ0n) is 12.3. The molecule has 0 atom stereocenters. The fourth-order valence-corrected chi connectivity index (χ4v) is 3.28. The number of nitrogens with zero attached hydrogens (tertiary/aromatic N) is 1. The summed E-state index contributed by atoms with van der Waals surface area (Å²) < 4.78 is 2.54. The number of benzene rings is 2. The van der Waals surface area contributed by atoms with Crippen molar-refractivity contribution in [2.24, 2.45) is 5.84 Å². The van der Waals surface area contributed by atoms with Gasteiger partial charge in [-0.1, -0.05) is 24.3 Å². The first kappa shape index (κ1) is 15.7. The Bertz CT molecular complexity index is 931. The van der Waals surface area contributed by atoms with Gasteiger partial charge in [0.05, 0.1) is 11.1 Å². The molecule has 5 nitrogen and oxygen atoms in total. The number of para-hydroxylation sites is 1. The zero-order valence-corrected chi connectivity index (χ0v) is 14.5. The Morgan fingerprint density at radius 2 is 1.87 bits per heavy atom. The third kappa shape index (κ3) is 2.64. The van der Waals surface area contributed by atoms with Crippen LogP contribution in [0.25, 0.3) is 10.9 Å². The summed E-state index contributed by atoms with van der Waals surface area (Å²) in [7, 11) is 0. The minimum absolute atomic E-state index is 0.173. The highest BCUT2D eigenvalue weighted by atomic mass is 127. The molecule has 2 aromatic carbocycles. The lowest BCUT2D eigenvalue weighted by molar-refractivity contribution is 0.0954. The number of hydrogen-bond donors (Lipinski definition) is 2. The summed E-state index contributed by atoms with van der Waals surface area (Å²) in [5.74, 6) is 4.70. The quantitative estimate of drug-likeness (QED) is 0.290. The predicted molar refractivity (Wildman–Crippen MR) is 97.2 cm³/mol. The molecule has 0 saturated heterocycles. The van der Waals surface area contributed by atoms with E-state index in [1.165, 1.54) is 0 Å². The fraction of sp³-hybridized carbons (Fsp3) is 0.0588. The van der Waals surface area contributed by atoms with Gasteiger partial charge in [-0.15, -0.1) is 0 Å². The predicted octanol–water partition coefficient (Wildman–Crippen LogP) is 2.85. The van der Waals surface area contributed by atoms with Crippen molar-refractivity contribution in [3.05, 3.63) is 68.9 Å². The van der Waals surface area contributed by atoms with Crippen LogP contribution in [0.1, 0.15) is 26.4 Å². The molecule has 1 heterocycles. The number of nitrogens with two attached hydrogens (primary N) is 1. The van der Waals surface area contributed by atoms with E-state index in [0.717, 1.165) is 3.57 Å². The Morgan fingerprint density at radius 3 is 2.57 bits per heavy atom. The summed E-state index contributed by atoms with van der Waals surface area (Å²) >= 11 is 2.16. The van der Waals surface area contributed by atoms with Gasteiger partial charge in [0, 0.05) is 20.2 Å². The molecule has 3 N–H and O–H groups in total. The van der Waals surface area contributed by atoms with E-state index in [1.807, 2.05) is 42.5 Å². The second kappa shape index (κ2) is 6.13. The Hall–Kier alpha value is -2.19. The van der Waals surface area contributed by atoms with Gasteiger partial charge in [-0.05, 0) is 53.8 Å². The SMILES string of the molecule is Cc1c(C(=O)NN)c2ccccc2n1C(=O)c1cccc(I)c1. The number of rotatable bonds is 2. The number of hydrazine groups is 1. The van der Waals surface area contributed by atoms with E-state index in [-0.39, 0.29) is 5.91 Å². The maximum absolute atomic E-state index is 13.0. The number of carbonyl (C=O) groups is 2. The molecule has 0 spiro atoms. The van der Waals surface area contributed by atoms with E-state index in [4.69, 9.17) is 5.84 Å². The van der Waals surface area contributed by atoms with E-state index in [0.29, 0.717) is 27.7 Å². The van der Waals surface area contributed by atoms with Gasteiger partial charge in [0.1, 0.15) is 0 Å². The number of nitrogens with one attached hydrogen (secondary N) is 1. The van der Waals surface area contributed by atoms with E-state index in [1.54, 1.807) is 17.6 Å². The molecule has 0 saturated carbocycles. The molecule has 0 unspecified atom stereocenters. The van der Waals surface area contributed by atoms with Crippen molar-refractivity contribution in [3.8, 4) is 0 Å². The van der Waals surface area contributed by atoms with Crippen LogP contribution in [0.15, 0.2) is 48.5 Å². The van der Waals surface area contributed by atoms with Gasteiger partial charge in [0.25, 0.3) is 11.8 Å². The number of nitrogen functional groups attached to an aromatic ring is 1. The van der Waals surface area contributed by atoms with E-state index >= 15 is 0 Å². The first-order chi connectivity index (χ1) is 11.0. The molecular weight excluding hydrogens is 405 g/mol. The molecule has 1 amide bonds. The average molecular weight is 419 g/mol. The first-order valence-corrected chi connectivity index (χ1v) is 8.03. The van der Waals surface area contributed by atoms with Crippen LogP contribution >= 0.6 is 22.6 Å². The Labute approximate surface area is 146 Å². The van der Waals surface area contributed by atoms with Crippen LogP contribution in [0.3, 0.4) is 0 Å². The van der Waals surface area contributed by atoms with Gasteiger partial charge < -0.3 is 0 Å². The lowest BCUT2D eigenvalue weighted by atomic mass is 10.1. The van der Waals surface area contributed by atoms with Crippen LogP contribution < -0.4 is 11.3 Å². The summed E-state index contributed by atoms with van der Waals surface area (Å²) in [5.41, 5.74) is 4.39. The highest BCUT2D eigenvalue weighted by Crippen LogP contribution is 2.27. The molecule has 0 aliphatic heterocycles. The van der Waals surface area contributed by atoms with Crippen molar-refractivity contribution < 1.29 is 9.59 Å². The van der Waals surface area contributed by atoms with Gasteiger partial charge in [0.2, 0.25) is 0 Å². The van der Waals surface area contributed by atoms with Crippen LogP contribution in [0, 0.1) is 10.5 Å². The van der Waals surface area contributed by atoms with Crippen molar-refractivity contribution >= 4 is 45.3 Å². The zero-order chi connectivity index (χ0) is 16.6. The van der Waals surface area contributed by atoms with E-state index in [9.17, 15) is 9.59 Å². The lowest BCUT2D eigenvalue weighted by Crippen LogP contribution is -2.30. The molecule has 3 aromatic rings. The second-order valence-corrected chi connectivity index (χ2v) is 6.35. The highest BCUT2D eigenvalue weighted by molar-refractivity contribution is 14.1. The Kier molecular flexibility index (Phi) is 4.18. The summed E-state index contributed by atoms with van der Waals surface area (Å²) in [5, 5.41) is 0.701. The van der Waals surface area contributed by atoms with Gasteiger partial charge >= 0.3 is 0 Å². The van der Waals surface area contributed by atoms with Gasteiger partial charge in [0.15, 0.2) is 0 Å². The number of amides is 1. The number of halogens is 1. The Morgan fingerprint density at radius 1 is 1.13 bits per heavy atom. The van der Waals surface area contributed by atoms with Crippen molar-refractivity contribution in [2.45, 2.75) is 6.92 Å². The molecule has 0 aliphatic rings. The van der Waals surface area contributed by atoms with E-state index in [2.05, 4.69) is 28.0 Å². The molecule has 23 heavy (non-hydrogen) atoms. The van der Waals surface area contributed by atoms with E-state index < -0.39 is 5.91 Å². The smallest absolute Gasteiger partial charge is 0.267 e. The monoisotopic (exact) mass is 419 g/mol. The van der Waals surface area contributed by atoms with Crippen molar-refractivity contribution in [2.75, 3.05) is 0 Å². The van der Waals surface area contributed by atoms with Crippen molar-refractivity contribution in [3.63, 3.8) is 0 Å². The van der Waals surface area contributed by atoms with Crippen LogP contribution in [-0.2, 0) is 0 Å². The largest absolute Gasteiger partial charge is 0.290 e. The van der Waals surface area contributed by atoms with Crippen LogP contribution in [0.5, 0.6) is 0 Å². The lowest BCUT2D eigenvalue weighted by Gasteiger charge is -2.08. The first-order valence-electron chi connectivity index (χ1n) is 6.96. The summed E-state index contributed by atoms with van der Waals surface area (Å²) in [6.45, 7) is 1.75. The van der Waals surface area contributed by atoms with Gasteiger partial charge in [-0.25, -0.2) is 5.84 Å². The number of aromatic nitrogens is 1. The van der Waals surface area contributed by atoms with Crippen LogP contribution in [0.4, 0.5) is 0 Å². The third-order valence-corrected chi connectivity index (χ3v) is 4.42. The standard InChI is InChI=1S/C17H14IN3O2/c1-10-15(16(22)20-19)13-7-2-3-8-14(13)21(10)17(23)11-5-4-6-12(18)9-11/h2-9H,19H2,1H3,(H,20,22). The highest BCUT2D eigenvalue weighted by Gasteiger charge is 2.23.